The van der Waals surface area contributed by atoms with Crippen molar-refractivity contribution in [3.63, 3.8) is 0 Å². The smallest absolute Gasteiger partial charge is 0.319 e. The molecule has 2 N–H and O–H groups in total. The molecule has 0 aromatic heterocycles. The first-order valence-electron chi connectivity index (χ1n) is 6.50. The van der Waals surface area contributed by atoms with Gasteiger partial charge >= 0.3 is 6.03 Å². The monoisotopic (exact) mass is 289 g/mol. The topological polar surface area (TPSA) is 101 Å². The van der Waals surface area contributed by atoms with Crippen molar-refractivity contribution in [3.8, 4) is 0 Å². The van der Waals surface area contributed by atoms with E-state index in [1.54, 1.807) is 26.0 Å². The molecule has 0 saturated heterocycles. The number of benzene rings is 1. The SMILES string of the molecule is CCC(=O)C1=C(C)NC(=O)NC1c1ccc([N+](=O)[O-])cc1. The summed E-state index contributed by atoms with van der Waals surface area (Å²) in [5.74, 6) is -0.0802. The van der Waals surface area contributed by atoms with Crippen LogP contribution < -0.4 is 10.6 Å². The molecule has 21 heavy (non-hydrogen) atoms. The van der Waals surface area contributed by atoms with Crippen LogP contribution >= 0.6 is 0 Å². The number of rotatable bonds is 4. The molecule has 7 nitrogen and oxygen atoms in total. The van der Waals surface area contributed by atoms with Crippen LogP contribution in [0.2, 0.25) is 0 Å². The lowest BCUT2D eigenvalue weighted by Gasteiger charge is -2.28. The maximum atomic E-state index is 12.1. The molecule has 1 unspecified atom stereocenters. The summed E-state index contributed by atoms with van der Waals surface area (Å²) in [4.78, 5) is 33.9. The molecule has 2 rings (SSSR count). The maximum Gasteiger partial charge on any atom is 0.319 e. The highest BCUT2D eigenvalue weighted by atomic mass is 16.6. The van der Waals surface area contributed by atoms with Crippen LogP contribution in [0.4, 0.5) is 10.5 Å². The van der Waals surface area contributed by atoms with Gasteiger partial charge in [0.1, 0.15) is 0 Å². The summed E-state index contributed by atoms with van der Waals surface area (Å²) in [6.45, 7) is 3.41. The van der Waals surface area contributed by atoms with Crippen molar-refractivity contribution in [3.05, 3.63) is 51.2 Å². The van der Waals surface area contributed by atoms with E-state index in [9.17, 15) is 19.7 Å². The molecule has 7 heteroatoms. The van der Waals surface area contributed by atoms with Gasteiger partial charge in [-0.1, -0.05) is 6.92 Å². The van der Waals surface area contributed by atoms with Crippen LogP contribution in [0.5, 0.6) is 0 Å². The minimum Gasteiger partial charge on any atom is -0.327 e. The Labute approximate surface area is 121 Å². The van der Waals surface area contributed by atoms with E-state index in [2.05, 4.69) is 10.6 Å². The van der Waals surface area contributed by atoms with Crippen LogP contribution in [0, 0.1) is 10.1 Å². The number of nitrogens with zero attached hydrogens (tertiary/aromatic N) is 1. The second kappa shape index (κ2) is 5.74. The van der Waals surface area contributed by atoms with E-state index >= 15 is 0 Å². The first-order valence-corrected chi connectivity index (χ1v) is 6.50. The highest BCUT2D eigenvalue weighted by Gasteiger charge is 2.30. The van der Waals surface area contributed by atoms with Gasteiger partial charge in [0.25, 0.3) is 5.69 Å². The van der Waals surface area contributed by atoms with Gasteiger partial charge in [0.15, 0.2) is 5.78 Å². The lowest BCUT2D eigenvalue weighted by atomic mass is 9.91. The molecule has 110 valence electrons. The van der Waals surface area contributed by atoms with Gasteiger partial charge in [-0.3, -0.25) is 14.9 Å². The summed E-state index contributed by atoms with van der Waals surface area (Å²) in [6, 6.07) is 4.81. The number of non-ortho nitro benzene ring substituents is 1. The van der Waals surface area contributed by atoms with E-state index in [-0.39, 0.29) is 11.5 Å². The molecule has 1 atom stereocenters. The van der Waals surface area contributed by atoms with E-state index in [1.165, 1.54) is 12.1 Å². The molecule has 1 aliphatic heterocycles. The minimum atomic E-state index is -0.591. The van der Waals surface area contributed by atoms with Crippen molar-refractivity contribution in [2.24, 2.45) is 0 Å². The molecule has 1 aromatic carbocycles. The number of nitro benzene ring substituents is 1. The van der Waals surface area contributed by atoms with E-state index < -0.39 is 17.0 Å². The van der Waals surface area contributed by atoms with Gasteiger partial charge in [0.05, 0.1) is 11.0 Å². The zero-order valence-corrected chi connectivity index (χ0v) is 11.7. The second-order valence-corrected chi connectivity index (χ2v) is 4.70. The number of carbonyl (C=O) groups is 2. The molecule has 0 aliphatic carbocycles. The van der Waals surface area contributed by atoms with Gasteiger partial charge in [0.2, 0.25) is 0 Å². The Hall–Kier alpha value is -2.70. The van der Waals surface area contributed by atoms with Crippen LogP contribution in [0.15, 0.2) is 35.5 Å². The predicted octanol–water partition coefficient (Wildman–Crippen LogP) is 2.20. The summed E-state index contributed by atoms with van der Waals surface area (Å²) in [5, 5.41) is 15.9. The molecule has 0 bridgehead atoms. The van der Waals surface area contributed by atoms with Crippen molar-refractivity contribution in [2.75, 3.05) is 0 Å². The zero-order valence-electron chi connectivity index (χ0n) is 11.7. The Morgan fingerprint density at radius 3 is 2.48 bits per heavy atom. The van der Waals surface area contributed by atoms with Crippen LogP contribution in [0.25, 0.3) is 0 Å². The van der Waals surface area contributed by atoms with Crippen LogP contribution in [-0.2, 0) is 4.79 Å². The standard InChI is InChI=1S/C14H15N3O4/c1-3-11(18)12-8(2)15-14(19)16-13(12)9-4-6-10(7-5-9)17(20)21/h4-7,13H,3H2,1-2H3,(H2,15,16,19). The minimum absolute atomic E-state index is 0.0388. The number of hydrogen-bond donors (Lipinski definition) is 2. The Kier molecular flexibility index (Phi) is 4.02. The highest BCUT2D eigenvalue weighted by Crippen LogP contribution is 2.29. The molecule has 0 radical (unpaired) electrons. The zero-order chi connectivity index (χ0) is 15.6. The van der Waals surface area contributed by atoms with Crippen LogP contribution in [-0.4, -0.2) is 16.7 Å². The van der Waals surface area contributed by atoms with Crippen molar-refractivity contribution in [1.29, 1.82) is 0 Å². The van der Waals surface area contributed by atoms with E-state index in [1.807, 2.05) is 0 Å². The number of hydrogen-bond acceptors (Lipinski definition) is 4. The van der Waals surface area contributed by atoms with Gasteiger partial charge in [0, 0.05) is 29.8 Å². The number of nitrogens with one attached hydrogen (secondary N) is 2. The van der Waals surface area contributed by atoms with Crippen LogP contribution in [0.1, 0.15) is 31.9 Å². The molecule has 0 fully saturated rings. The molecular formula is C14H15N3O4. The fourth-order valence-electron chi connectivity index (χ4n) is 2.29. The largest absolute Gasteiger partial charge is 0.327 e. The first-order chi connectivity index (χ1) is 9.93. The van der Waals surface area contributed by atoms with Gasteiger partial charge in [-0.25, -0.2) is 4.79 Å². The third kappa shape index (κ3) is 2.91. The number of nitro groups is 1. The van der Waals surface area contributed by atoms with E-state index in [0.717, 1.165) is 0 Å². The van der Waals surface area contributed by atoms with E-state index in [0.29, 0.717) is 23.3 Å². The van der Waals surface area contributed by atoms with Gasteiger partial charge < -0.3 is 10.6 Å². The molecule has 0 spiro atoms. The molecule has 1 aliphatic rings. The average molecular weight is 289 g/mol. The number of carbonyl (C=O) groups excluding carboxylic acids is 2. The second-order valence-electron chi connectivity index (χ2n) is 4.70. The summed E-state index contributed by atoms with van der Waals surface area (Å²) in [7, 11) is 0. The number of ketones is 1. The quantitative estimate of drug-likeness (QED) is 0.655. The predicted molar refractivity (Wildman–Crippen MR) is 75.5 cm³/mol. The summed E-state index contributed by atoms with van der Waals surface area (Å²) in [5.41, 5.74) is 1.58. The van der Waals surface area contributed by atoms with Crippen LogP contribution in [0.3, 0.4) is 0 Å². The number of allylic oxidation sites excluding steroid dienone is 1. The Morgan fingerprint density at radius 1 is 1.33 bits per heavy atom. The van der Waals surface area contributed by atoms with Crippen molar-refractivity contribution >= 4 is 17.5 Å². The Morgan fingerprint density at radius 2 is 1.95 bits per heavy atom. The van der Waals surface area contributed by atoms with Crippen molar-refractivity contribution in [2.45, 2.75) is 26.3 Å². The highest BCUT2D eigenvalue weighted by molar-refractivity contribution is 5.99. The number of urea groups is 1. The first kappa shape index (κ1) is 14.7. The molecule has 2 amide bonds. The molecule has 0 saturated carbocycles. The normalized spacial score (nSPS) is 18.0. The Bertz CT molecular complexity index is 634. The molecule has 1 aromatic rings. The average Bonchev–Trinajstić information content (AvgIpc) is 2.45. The third-order valence-corrected chi connectivity index (χ3v) is 3.33. The fraction of sp³-hybridized carbons (Fsp3) is 0.286. The van der Waals surface area contributed by atoms with E-state index in [4.69, 9.17) is 0 Å². The lowest BCUT2D eigenvalue weighted by Crippen LogP contribution is -2.45. The van der Waals surface area contributed by atoms with Crippen molar-refractivity contribution < 1.29 is 14.5 Å². The lowest BCUT2D eigenvalue weighted by molar-refractivity contribution is -0.384. The summed E-state index contributed by atoms with van der Waals surface area (Å²) in [6.07, 6.45) is 0.313. The molecular weight excluding hydrogens is 274 g/mol. The summed E-state index contributed by atoms with van der Waals surface area (Å²) >= 11 is 0. The third-order valence-electron chi connectivity index (χ3n) is 3.33. The number of amides is 2. The number of Topliss-reactive ketones (excluding diaryl/α,β-unsaturated/α-hetero) is 1. The van der Waals surface area contributed by atoms with Gasteiger partial charge in [-0.05, 0) is 24.6 Å². The maximum absolute atomic E-state index is 12.1. The van der Waals surface area contributed by atoms with Crippen molar-refractivity contribution in [1.82, 2.24) is 10.6 Å². The fourth-order valence-corrected chi connectivity index (χ4v) is 2.29. The van der Waals surface area contributed by atoms with Gasteiger partial charge in [-0.2, -0.15) is 0 Å². The summed E-state index contributed by atoms with van der Waals surface area (Å²) < 4.78 is 0. The Balaban J connectivity index is 2.43. The molecule has 1 heterocycles. The van der Waals surface area contributed by atoms with Gasteiger partial charge in [-0.15, -0.1) is 0 Å².